The largest absolute Gasteiger partial charge is 0.324 e. The van der Waals surface area contributed by atoms with Crippen molar-refractivity contribution in [1.82, 2.24) is 0 Å². The van der Waals surface area contributed by atoms with Gasteiger partial charge < -0.3 is 5.73 Å². The van der Waals surface area contributed by atoms with Crippen molar-refractivity contribution in [2.24, 2.45) is 5.73 Å². The van der Waals surface area contributed by atoms with Crippen LogP contribution in [-0.4, -0.2) is 0 Å². The van der Waals surface area contributed by atoms with Gasteiger partial charge in [-0.05, 0) is 42.8 Å². The fraction of sp³-hybridized carbons (Fsp3) is 0.143. The van der Waals surface area contributed by atoms with E-state index < -0.39 is 0 Å². The lowest BCUT2D eigenvalue weighted by Crippen LogP contribution is -2.04. The van der Waals surface area contributed by atoms with E-state index in [1.165, 1.54) is 12.1 Å². The Morgan fingerprint density at radius 2 is 1.76 bits per heavy atom. The Balaban J connectivity index is 2.14. The highest BCUT2D eigenvalue weighted by Gasteiger charge is 2.01. The van der Waals surface area contributed by atoms with Crippen LogP contribution in [-0.2, 0) is 0 Å². The summed E-state index contributed by atoms with van der Waals surface area (Å²) in [6.07, 6.45) is 0. The molecule has 1 atom stereocenters. The van der Waals surface area contributed by atoms with Crippen molar-refractivity contribution in [2.45, 2.75) is 22.8 Å². The molecule has 0 saturated heterocycles. The fourth-order valence-corrected chi connectivity index (χ4v) is 2.37. The lowest BCUT2D eigenvalue weighted by Gasteiger charge is -2.06. The number of hydrogen-bond acceptors (Lipinski definition) is 2. The molecule has 0 saturated carbocycles. The molecule has 1 nitrogen and oxygen atoms in total. The van der Waals surface area contributed by atoms with Crippen LogP contribution in [0.15, 0.2) is 58.3 Å². The van der Waals surface area contributed by atoms with E-state index in [4.69, 9.17) is 5.73 Å². The molecular weight excluding hydrogens is 233 g/mol. The molecule has 0 heterocycles. The molecule has 0 radical (unpaired) electrons. The van der Waals surface area contributed by atoms with E-state index >= 15 is 0 Å². The van der Waals surface area contributed by atoms with E-state index in [-0.39, 0.29) is 11.9 Å². The van der Waals surface area contributed by atoms with Crippen LogP contribution in [0.1, 0.15) is 18.5 Å². The smallest absolute Gasteiger partial charge is 0.124 e. The van der Waals surface area contributed by atoms with Crippen molar-refractivity contribution in [3.05, 3.63) is 59.9 Å². The van der Waals surface area contributed by atoms with E-state index in [0.29, 0.717) is 0 Å². The van der Waals surface area contributed by atoms with Crippen LogP contribution in [0.4, 0.5) is 4.39 Å². The summed E-state index contributed by atoms with van der Waals surface area (Å²) < 4.78 is 13.0. The molecule has 2 N–H and O–H groups in total. The first-order chi connectivity index (χ1) is 8.15. The third-order valence-corrected chi connectivity index (χ3v) is 3.44. The highest BCUT2D eigenvalue weighted by molar-refractivity contribution is 7.99. The summed E-state index contributed by atoms with van der Waals surface area (Å²) >= 11 is 1.54. The SMILES string of the molecule is C[C@H](N)c1ccc(Sc2cccc(F)c2)cc1. The van der Waals surface area contributed by atoms with E-state index in [2.05, 4.69) is 0 Å². The number of hydrogen-bond donors (Lipinski definition) is 1. The molecule has 0 spiro atoms. The Morgan fingerprint density at radius 3 is 2.35 bits per heavy atom. The lowest BCUT2D eigenvalue weighted by atomic mass is 10.1. The second kappa shape index (κ2) is 5.34. The van der Waals surface area contributed by atoms with Gasteiger partial charge in [0.1, 0.15) is 5.82 Å². The van der Waals surface area contributed by atoms with Crippen molar-refractivity contribution in [3.63, 3.8) is 0 Å². The van der Waals surface area contributed by atoms with Crippen molar-refractivity contribution in [3.8, 4) is 0 Å². The highest BCUT2D eigenvalue weighted by atomic mass is 32.2. The average molecular weight is 247 g/mol. The van der Waals surface area contributed by atoms with Gasteiger partial charge in [-0.1, -0.05) is 30.0 Å². The number of benzene rings is 2. The van der Waals surface area contributed by atoms with E-state index in [1.807, 2.05) is 37.3 Å². The van der Waals surface area contributed by atoms with Gasteiger partial charge in [-0.15, -0.1) is 0 Å². The maximum atomic E-state index is 13.0. The minimum absolute atomic E-state index is 0.0446. The number of nitrogens with two attached hydrogens (primary N) is 1. The summed E-state index contributed by atoms with van der Waals surface area (Å²) in [5.41, 5.74) is 6.89. The first kappa shape index (κ1) is 12.1. The third kappa shape index (κ3) is 3.32. The Bertz CT molecular complexity index is 494. The Morgan fingerprint density at radius 1 is 1.06 bits per heavy atom. The highest BCUT2D eigenvalue weighted by Crippen LogP contribution is 2.28. The quantitative estimate of drug-likeness (QED) is 0.887. The predicted molar refractivity (Wildman–Crippen MR) is 69.6 cm³/mol. The second-order valence-electron chi connectivity index (χ2n) is 3.92. The van der Waals surface area contributed by atoms with Crippen LogP contribution in [0.25, 0.3) is 0 Å². The summed E-state index contributed by atoms with van der Waals surface area (Å²) in [5, 5.41) is 0. The van der Waals surface area contributed by atoms with Gasteiger partial charge in [0.05, 0.1) is 0 Å². The fourth-order valence-electron chi connectivity index (χ4n) is 1.51. The maximum absolute atomic E-state index is 13.0. The molecule has 3 heteroatoms. The normalized spacial score (nSPS) is 12.4. The van der Waals surface area contributed by atoms with Crippen LogP contribution < -0.4 is 5.73 Å². The monoisotopic (exact) mass is 247 g/mol. The Hall–Kier alpha value is -1.32. The van der Waals surface area contributed by atoms with Gasteiger partial charge in [0, 0.05) is 15.8 Å². The second-order valence-corrected chi connectivity index (χ2v) is 5.06. The Labute approximate surface area is 105 Å². The van der Waals surface area contributed by atoms with Gasteiger partial charge in [-0.3, -0.25) is 0 Å². The molecule has 0 aliphatic heterocycles. The average Bonchev–Trinajstić information content (AvgIpc) is 2.29. The molecule has 2 aromatic rings. The van der Waals surface area contributed by atoms with Crippen molar-refractivity contribution in [1.29, 1.82) is 0 Å². The molecule has 0 unspecified atom stereocenters. The molecule has 88 valence electrons. The molecule has 0 fully saturated rings. The minimum Gasteiger partial charge on any atom is -0.324 e. The first-order valence-electron chi connectivity index (χ1n) is 5.44. The van der Waals surface area contributed by atoms with Crippen molar-refractivity contribution in [2.75, 3.05) is 0 Å². The lowest BCUT2D eigenvalue weighted by molar-refractivity contribution is 0.624. The summed E-state index contributed by atoms with van der Waals surface area (Å²) in [6.45, 7) is 1.95. The van der Waals surface area contributed by atoms with Crippen LogP contribution in [0.3, 0.4) is 0 Å². The van der Waals surface area contributed by atoms with E-state index in [1.54, 1.807) is 17.8 Å². The molecule has 0 aliphatic carbocycles. The van der Waals surface area contributed by atoms with Gasteiger partial charge in [-0.25, -0.2) is 4.39 Å². The first-order valence-corrected chi connectivity index (χ1v) is 6.26. The number of halogens is 1. The van der Waals surface area contributed by atoms with Crippen LogP contribution in [0, 0.1) is 5.82 Å². The summed E-state index contributed by atoms with van der Waals surface area (Å²) in [7, 11) is 0. The minimum atomic E-state index is -0.206. The van der Waals surface area contributed by atoms with Crippen LogP contribution >= 0.6 is 11.8 Å². The standard InChI is InChI=1S/C14H14FNS/c1-10(16)11-5-7-13(8-6-11)17-14-4-2-3-12(15)9-14/h2-10H,16H2,1H3/t10-/m0/s1. The zero-order chi connectivity index (χ0) is 12.3. The summed E-state index contributed by atoms with van der Waals surface area (Å²) in [5.74, 6) is -0.206. The zero-order valence-electron chi connectivity index (χ0n) is 9.56. The molecule has 0 aromatic heterocycles. The molecule has 17 heavy (non-hydrogen) atoms. The van der Waals surface area contributed by atoms with E-state index in [0.717, 1.165) is 15.4 Å². The maximum Gasteiger partial charge on any atom is 0.124 e. The number of rotatable bonds is 3. The Kier molecular flexibility index (Phi) is 3.82. The molecule has 2 rings (SSSR count). The molecule has 0 aliphatic rings. The van der Waals surface area contributed by atoms with Gasteiger partial charge >= 0.3 is 0 Å². The zero-order valence-corrected chi connectivity index (χ0v) is 10.4. The van der Waals surface area contributed by atoms with Crippen molar-refractivity contribution < 1.29 is 4.39 Å². The van der Waals surface area contributed by atoms with Crippen LogP contribution in [0.5, 0.6) is 0 Å². The van der Waals surface area contributed by atoms with Crippen LogP contribution in [0.2, 0.25) is 0 Å². The topological polar surface area (TPSA) is 26.0 Å². The molecule has 0 amide bonds. The molecule has 0 bridgehead atoms. The summed E-state index contributed by atoms with van der Waals surface area (Å²) in [6, 6.07) is 14.7. The van der Waals surface area contributed by atoms with Gasteiger partial charge in [0.2, 0.25) is 0 Å². The third-order valence-electron chi connectivity index (χ3n) is 2.44. The molecular formula is C14H14FNS. The van der Waals surface area contributed by atoms with Gasteiger partial charge in [0.15, 0.2) is 0 Å². The summed E-state index contributed by atoms with van der Waals surface area (Å²) in [4.78, 5) is 1.98. The van der Waals surface area contributed by atoms with E-state index in [9.17, 15) is 4.39 Å². The van der Waals surface area contributed by atoms with Crippen molar-refractivity contribution >= 4 is 11.8 Å². The van der Waals surface area contributed by atoms with Gasteiger partial charge in [-0.2, -0.15) is 0 Å². The van der Waals surface area contributed by atoms with Gasteiger partial charge in [0.25, 0.3) is 0 Å². The molecule has 2 aromatic carbocycles. The predicted octanol–water partition coefficient (Wildman–Crippen LogP) is 4.00.